The minimum atomic E-state index is -0.0663. The summed E-state index contributed by atoms with van der Waals surface area (Å²) in [4.78, 5) is 8.70. The summed E-state index contributed by atoms with van der Waals surface area (Å²) >= 11 is 0. The molecule has 0 aliphatic heterocycles. The molecule has 1 aliphatic rings. The zero-order chi connectivity index (χ0) is 13.9. The van der Waals surface area contributed by atoms with Gasteiger partial charge in [0.15, 0.2) is 0 Å². The molecule has 106 valence electrons. The number of hydrogen-bond donors (Lipinski definition) is 2. The highest BCUT2D eigenvalue weighted by molar-refractivity contribution is 5.27. The van der Waals surface area contributed by atoms with E-state index in [1.54, 1.807) is 20.4 Å². The maximum Gasteiger partial charge on any atom is 0.240 e. The van der Waals surface area contributed by atoms with Crippen LogP contribution in [0, 0.1) is 5.41 Å². The Morgan fingerprint density at radius 1 is 1.32 bits per heavy atom. The van der Waals surface area contributed by atoms with Gasteiger partial charge in [0.05, 0.1) is 26.5 Å². The van der Waals surface area contributed by atoms with Gasteiger partial charge in [0, 0.05) is 0 Å². The van der Waals surface area contributed by atoms with Gasteiger partial charge in [0.25, 0.3) is 0 Å². The van der Waals surface area contributed by atoms with Crippen molar-refractivity contribution in [1.82, 2.24) is 15.4 Å². The van der Waals surface area contributed by atoms with Crippen LogP contribution in [-0.2, 0) is 0 Å². The lowest BCUT2D eigenvalue weighted by Gasteiger charge is -2.33. The first-order valence-corrected chi connectivity index (χ1v) is 6.55. The predicted octanol–water partition coefficient (Wildman–Crippen LogP) is 1.58. The van der Waals surface area contributed by atoms with Crippen LogP contribution < -0.4 is 20.7 Å². The summed E-state index contributed by atoms with van der Waals surface area (Å²) in [5, 5.41) is 0. The molecule has 0 spiro atoms. The van der Waals surface area contributed by atoms with Gasteiger partial charge in [-0.2, -0.15) is 4.98 Å². The molecule has 2 rings (SSSR count). The van der Waals surface area contributed by atoms with E-state index in [4.69, 9.17) is 15.3 Å². The van der Waals surface area contributed by atoms with E-state index in [0.717, 1.165) is 18.5 Å². The van der Waals surface area contributed by atoms with Gasteiger partial charge in [-0.15, -0.1) is 0 Å². The smallest absolute Gasteiger partial charge is 0.240 e. The fourth-order valence-electron chi connectivity index (χ4n) is 2.89. The molecule has 6 heteroatoms. The van der Waals surface area contributed by atoms with Gasteiger partial charge in [-0.25, -0.2) is 4.98 Å². The van der Waals surface area contributed by atoms with Crippen LogP contribution in [0.4, 0.5) is 0 Å². The Kier molecular flexibility index (Phi) is 4.21. The molecule has 1 atom stereocenters. The maximum absolute atomic E-state index is 5.76. The summed E-state index contributed by atoms with van der Waals surface area (Å²) in [6.07, 6.45) is 6.29. The quantitative estimate of drug-likeness (QED) is 0.622. The van der Waals surface area contributed by atoms with Crippen LogP contribution >= 0.6 is 0 Å². The number of ether oxygens (including phenoxy) is 2. The van der Waals surface area contributed by atoms with Crippen molar-refractivity contribution in [3.63, 3.8) is 0 Å². The van der Waals surface area contributed by atoms with E-state index in [0.29, 0.717) is 11.8 Å². The summed E-state index contributed by atoms with van der Waals surface area (Å²) in [7, 11) is 3.14. The summed E-state index contributed by atoms with van der Waals surface area (Å²) in [6, 6.07) is -0.0663. The first-order chi connectivity index (χ1) is 9.14. The zero-order valence-electron chi connectivity index (χ0n) is 11.8. The second kappa shape index (κ2) is 5.71. The normalized spacial score (nSPS) is 19.2. The number of aromatic nitrogens is 2. The Morgan fingerprint density at radius 2 is 2.00 bits per heavy atom. The van der Waals surface area contributed by atoms with Crippen LogP contribution in [0.15, 0.2) is 6.20 Å². The van der Waals surface area contributed by atoms with E-state index in [1.807, 2.05) is 0 Å². The molecule has 0 saturated heterocycles. The fraction of sp³-hybridized carbons (Fsp3) is 0.692. The van der Waals surface area contributed by atoms with Gasteiger partial charge >= 0.3 is 0 Å². The van der Waals surface area contributed by atoms with E-state index in [1.165, 1.54) is 12.8 Å². The SMILES string of the molecule is COc1cnc(C(NN)C2(C)CCCC2)c(OC)n1. The van der Waals surface area contributed by atoms with Crippen molar-refractivity contribution >= 4 is 0 Å². The molecule has 3 N–H and O–H groups in total. The number of hydrazine groups is 1. The average molecular weight is 266 g/mol. The molecule has 1 aliphatic carbocycles. The lowest BCUT2D eigenvalue weighted by atomic mass is 9.79. The number of nitrogens with zero attached hydrogens (tertiary/aromatic N) is 2. The highest BCUT2D eigenvalue weighted by Crippen LogP contribution is 2.47. The van der Waals surface area contributed by atoms with Gasteiger partial charge in [-0.1, -0.05) is 19.8 Å². The standard InChI is InChI=1S/C13H22N4O2/c1-13(6-4-5-7-13)11(17-14)10-12(19-3)16-9(18-2)8-15-10/h8,11,17H,4-7,14H2,1-3H3. The number of rotatable bonds is 5. The number of methoxy groups -OCH3 is 2. The van der Waals surface area contributed by atoms with E-state index in [2.05, 4.69) is 22.3 Å². The predicted molar refractivity (Wildman–Crippen MR) is 71.8 cm³/mol. The highest BCUT2D eigenvalue weighted by Gasteiger charge is 2.40. The van der Waals surface area contributed by atoms with Crippen LogP contribution in [0.3, 0.4) is 0 Å². The van der Waals surface area contributed by atoms with Crippen LogP contribution in [-0.4, -0.2) is 24.2 Å². The molecule has 1 heterocycles. The monoisotopic (exact) mass is 266 g/mol. The molecule has 0 bridgehead atoms. The lowest BCUT2D eigenvalue weighted by Crippen LogP contribution is -2.39. The van der Waals surface area contributed by atoms with E-state index >= 15 is 0 Å². The van der Waals surface area contributed by atoms with Crippen LogP contribution in [0.25, 0.3) is 0 Å². The number of nitrogens with one attached hydrogen (secondary N) is 1. The third-order valence-electron chi connectivity index (χ3n) is 4.03. The van der Waals surface area contributed by atoms with Crippen molar-refractivity contribution in [2.24, 2.45) is 11.3 Å². The third kappa shape index (κ3) is 2.64. The van der Waals surface area contributed by atoms with Crippen LogP contribution in [0.5, 0.6) is 11.8 Å². The molecule has 0 radical (unpaired) electrons. The minimum absolute atomic E-state index is 0.0663. The summed E-state index contributed by atoms with van der Waals surface area (Å²) in [6.45, 7) is 2.23. The molecule has 1 aromatic heterocycles. The van der Waals surface area contributed by atoms with Gasteiger partial charge < -0.3 is 9.47 Å². The topological polar surface area (TPSA) is 82.3 Å². The molecular formula is C13H22N4O2. The molecule has 6 nitrogen and oxygen atoms in total. The summed E-state index contributed by atoms with van der Waals surface area (Å²) < 4.78 is 10.4. The Morgan fingerprint density at radius 3 is 2.53 bits per heavy atom. The van der Waals surface area contributed by atoms with Crippen molar-refractivity contribution < 1.29 is 9.47 Å². The van der Waals surface area contributed by atoms with Crippen molar-refractivity contribution in [2.75, 3.05) is 14.2 Å². The van der Waals surface area contributed by atoms with Crippen LogP contribution in [0.2, 0.25) is 0 Å². The minimum Gasteiger partial charge on any atom is -0.480 e. The number of nitrogens with two attached hydrogens (primary N) is 1. The Labute approximate surface area is 113 Å². The lowest BCUT2D eigenvalue weighted by molar-refractivity contribution is 0.212. The molecule has 0 aromatic carbocycles. The summed E-state index contributed by atoms with van der Waals surface area (Å²) in [5.74, 6) is 6.67. The Bertz CT molecular complexity index is 433. The fourth-order valence-corrected chi connectivity index (χ4v) is 2.89. The molecule has 1 fully saturated rings. The average Bonchev–Trinajstić information content (AvgIpc) is 2.87. The Hall–Kier alpha value is -1.40. The summed E-state index contributed by atoms with van der Waals surface area (Å²) in [5.41, 5.74) is 3.72. The van der Waals surface area contributed by atoms with E-state index in [-0.39, 0.29) is 11.5 Å². The van der Waals surface area contributed by atoms with Gasteiger partial charge in [-0.05, 0) is 18.3 Å². The van der Waals surface area contributed by atoms with Gasteiger partial charge in [-0.3, -0.25) is 11.3 Å². The molecule has 1 unspecified atom stereocenters. The van der Waals surface area contributed by atoms with Crippen molar-refractivity contribution in [2.45, 2.75) is 38.6 Å². The molecular weight excluding hydrogens is 244 g/mol. The third-order valence-corrected chi connectivity index (χ3v) is 4.03. The largest absolute Gasteiger partial charge is 0.480 e. The van der Waals surface area contributed by atoms with Crippen molar-refractivity contribution in [3.05, 3.63) is 11.9 Å². The zero-order valence-corrected chi connectivity index (χ0v) is 11.8. The molecule has 0 amide bonds. The van der Waals surface area contributed by atoms with Gasteiger partial charge in [0.1, 0.15) is 5.69 Å². The van der Waals surface area contributed by atoms with Crippen molar-refractivity contribution in [1.29, 1.82) is 0 Å². The maximum atomic E-state index is 5.76. The second-order valence-electron chi connectivity index (χ2n) is 5.27. The number of hydrogen-bond acceptors (Lipinski definition) is 6. The first kappa shape index (κ1) is 14.0. The van der Waals surface area contributed by atoms with E-state index in [9.17, 15) is 0 Å². The first-order valence-electron chi connectivity index (χ1n) is 6.55. The van der Waals surface area contributed by atoms with Crippen LogP contribution in [0.1, 0.15) is 44.3 Å². The van der Waals surface area contributed by atoms with Crippen molar-refractivity contribution in [3.8, 4) is 11.8 Å². The molecule has 1 aromatic rings. The molecule has 1 saturated carbocycles. The second-order valence-corrected chi connectivity index (χ2v) is 5.27. The molecule has 19 heavy (non-hydrogen) atoms. The highest BCUT2D eigenvalue weighted by atomic mass is 16.5. The van der Waals surface area contributed by atoms with E-state index < -0.39 is 0 Å². The van der Waals surface area contributed by atoms with Gasteiger partial charge in [0.2, 0.25) is 11.8 Å². The Balaban J connectivity index is 2.37.